The minimum Gasteiger partial charge on any atom is -0.467 e. The lowest BCUT2D eigenvalue weighted by Gasteiger charge is -2.31. The van der Waals surface area contributed by atoms with Gasteiger partial charge in [-0.15, -0.1) is 11.8 Å². The lowest BCUT2D eigenvalue weighted by molar-refractivity contribution is -0.138. The van der Waals surface area contributed by atoms with Gasteiger partial charge in [-0.25, -0.2) is 9.37 Å². The van der Waals surface area contributed by atoms with Crippen molar-refractivity contribution in [1.29, 1.82) is 0 Å². The van der Waals surface area contributed by atoms with E-state index in [9.17, 15) is 22.4 Å². The van der Waals surface area contributed by atoms with E-state index in [-0.39, 0.29) is 40.4 Å². The Morgan fingerprint density at radius 3 is 2.62 bits per heavy atom. The van der Waals surface area contributed by atoms with Gasteiger partial charge in [-0.1, -0.05) is 17.5 Å². The molecule has 3 aromatic heterocycles. The second kappa shape index (κ2) is 15.5. The Morgan fingerprint density at radius 2 is 1.94 bits per heavy atom. The molecule has 0 radical (unpaired) electrons. The molecule has 2 atom stereocenters. The van der Waals surface area contributed by atoms with Gasteiger partial charge in [-0.2, -0.15) is 28.2 Å². The summed E-state index contributed by atoms with van der Waals surface area (Å²) in [5.41, 5.74) is 7.91. The number of aromatic nitrogens is 5. The zero-order valence-corrected chi connectivity index (χ0v) is 30.9. The molecule has 52 heavy (non-hydrogen) atoms. The summed E-state index contributed by atoms with van der Waals surface area (Å²) in [5.74, 6) is 5.60. The van der Waals surface area contributed by atoms with Gasteiger partial charge in [0.2, 0.25) is 0 Å². The van der Waals surface area contributed by atoms with E-state index in [0.29, 0.717) is 55.1 Å². The molecular weight excluding hydrogens is 722 g/mol. The first-order valence-corrected chi connectivity index (χ1v) is 18.3. The number of methoxy groups -OCH3 is 1. The van der Waals surface area contributed by atoms with E-state index in [4.69, 9.17) is 22.1 Å². The van der Waals surface area contributed by atoms with Crippen LogP contribution in [0.4, 0.5) is 29.2 Å². The normalized spacial score (nSPS) is 20.6. The Kier molecular flexibility index (Phi) is 11.2. The van der Waals surface area contributed by atoms with Crippen LogP contribution in [0.25, 0.3) is 0 Å². The van der Waals surface area contributed by atoms with Crippen LogP contribution in [0.1, 0.15) is 82.1 Å². The van der Waals surface area contributed by atoms with Crippen molar-refractivity contribution in [3.05, 3.63) is 62.5 Å². The molecule has 1 amide bonds. The average molecular weight is 762 g/mol. The van der Waals surface area contributed by atoms with Gasteiger partial charge in [0, 0.05) is 62.8 Å². The number of carbonyl (C=O) groups is 1. The number of hydrogen-bond donors (Lipinski definition) is 1. The van der Waals surface area contributed by atoms with Crippen LogP contribution in [0.15, 0.2) is 18.0 Å². The van der Waals surface area contributed by atoms with Crippen LogP contribution in [-0.4, -0.2) is 87.3 Å². The summed E-state index contributed by atoms with van der Waals surface area (Å²) in [4.78, 5) is 31.5. The second-order valence-corrected chi connectivity index (χ2v) is 14.8. The predicted molar refractivity (Wildman–Crippen MR) is 192 cm³/mol. The summed E-state index contributed by atoms with van der Waals surface area (Å²) in [6.07, 6.45) is 0.567. The third-order valence-corrected chi connectivity index (χ3v) is 11.3. The van der Waals surface area contributed by atoms with Gasteiger partial charge in [0.15, 0.2) is 5.69 Å². The van der Waals surface area contributed by atoms with E-state index < -0.39 is 22.7 Å². The van der Waals surface area contributed by atoms with Crippen LogP contribution in [0.3, 0.4) is 0 Å². The highest BCUT2D eigenvalue weighted by Gasteiger charge is 2.41. The number of nitrogen functional groups attached to an aromatic ring is 1. The maximum atomic E-state index is 14.3. The molecule has 17 heteroatoms. The molecule has 7 rings (SSSR count). The number of thioether (sulfide) groups is 1. The maximum Gasteiger partial charge on any atom is 0.419 e. The van der Waals surface area contributed by atoms with Gasteiger partial charge in [0.25, 0.3) is 5.91 Å². The van der Waals surface area contributed by atoms with Crippen LogP contribution >= 0.6 is 23.4 Å². The first kappa shape index (κ1) is 37.7. The number of pyridine rings is 1. The lowest BCUT2D eigenvalue weighted by atomic mass is 9.97. The van der Waals surface area contributed by atoms with Crippen LogP contribution in [0.2, 0.25) is 5.02 Å². The van der Waals surface area contributed by atoms with Crippen LogP contribution in [0, 0.1) is 11.8 Å². The Labute approximate surface area is 308 Å². The molecule has 4 aliphatic heterocycles. The Balaban J connectivity index is 0.000000396. The number of carbonyl (C=O) groups excluding carboxylic acids is 1. The van der Waals surface area contributed by atoms with Crippen molar-refractivity contribution in [2.45, 2.75) is 75.3 Å². The molecule has 0 bridgehead atoms. The third-order valence-electron chi connectivity index (χ3n) is 9.58. The molecule has 0 spiro atoms. The minimum absolute atomic E-state index is 0.0195. The summed E-state index contributed by atoms with van der Waals surface area (Å²) in [7, 11) is 4.71. The molecule has 11 nitrogen and oxygen atoms in total. The maximum absolute atomic E-state index is 14.3. The summed E-state index contributed by atoms with van der Waals surface area (Å²) in [6, 6.07) is 2.06. The zero-order chi connectivity index (χ0) is 37.3. The fourth-order valence-corrected chi connectivity index (χ4v) is 8.76. The van der Waals surface area contributed by atoms with Crippen molar-refractivity contribution in [2.75, 3.05) is 51.5 Å². The number of aryl methyl sites for hydroxylation is 1. The molecule has 2 fully saturated rings. The highest BCUT2D eigenvalue weighted by Crippen LogP contribution is 2.48. The van der Waals surface area contributed by atoms with E-state index >= 15 is 0 Å². The number of nitrogens with two attached hydrogens (primary N) is 1. The van der Waals surface area contributed by atoms with Crippen molar-refractivity contribution < 1.29 is 27.1 Å². The van der Waals surface area contributed by atoms with Crippen molar-refractivity contribution in [1.82, 2.24) is 34.5 Å². The second-order valence-electron chi connectivity index (χ2n) is 13.2. The molecule has 2 saturated heterocycles. The Morgan fingerprint density at radius 1 is 1.15 bits per heavy atom. The molecule has 278 valence electrons. The average Bonchev–Trinajstić information content (AvgIpc) is 3.75. The molecule has 0 aromatic carbocycles. The van der Waals surface area contributed by atoms with E-state index in [2.05, 4.69) is 36.8 Å². The highest BCUT2D eigenvalue weighted by molar-refractivity contribution is 7.98. The molecule has 2 N–H and O–H groups in total. The van der Waals surface area contributed by atoms with Crippen LogP contribution in [-0.2, 0) is 31.4 Å². The summed E-state index contributed by atoms with van der Waals surface area (Å²) >= 11 is 8.01. The van der Waals surface area contributed by atoms with Gasteiger partial charge >= 0.3 is 12.2 Å². The Bertz CT molecular complexity index is 1930. The first-order chi connectivity index (χ1) is 24.8. The van der Waals surface area contributed by atoms with E-state index in [1.54, 1.807) is 18.8 Å². The SMILES string of the molecule is CC#Cc1nc(N)cc(C2Cc3nc(OC)nc(N4CCCn5nc(C(=O)N(C)C)c(Cl)c5C4)c3CS2)c1C(F)(F)F.F/C=C1/CC2CCCN2C1. The van der Waals surface area contributed by atoms with E-state index in [1.165, 1.54) is 56.1 Å². The smallest absolute Gasteiger partial charge is 0.419 e. The first-order valence-electron chi connectivity index (χ1n) is 16.9. The standard InChI is InChI=1S/C27H28ClF3N8O2S.C8H12FN/c1-5-7-16-21(27(29,30)31)14(10-20(32)33-16)19-11-17-15(13-42-19)24(35-26(34-17)41-4)38-8-6-9-39-18(12-38)22(28)23(36-39)25(40)37(2)3;9-5-7-4-8-2-1-3-10(8)6-7/h10,19H,6,8-9,11-13H2,1-4H3,(H2,32,33);5,8H,1-4,6H2/b;7-5-. The van der Waals surface area contributed by atoms with E-state index in [0.717, 1.165) is 30.4 Å². The number of rotatable bonds is 4. The summed E-state index contributed by atoms with van der Waals surface area (Å²) < 4.78 is 62.0. The number of fused-ring (bicyclic) bond motifs is 3. The minimum atomic E-state index is -4.67. The van der Waals surface area contributed by atoms with Crippen molar-refractivity contribution in [3.63, 3.8) is 0 Å². The number of amides is 1. The molecule has 7 heterocycles. The molecule has 2 unspecified atom stereocenters. The number of hydrogen-bond acceptors (Lipinski definition) is 10. The fraction of sp³-hybridized carbons (Fsp3) is 0.514. The largest absolute Gasteiger partial charge is 0.467 e. The number of anilines is 2. The topological polar surface area (TPSA) is 119 Å². The van der Waals surface area contributed by atoms with Crippen LogP contribution < -0.4 is 15.4 Å². The number of ether oxygens (including phenoxy) is 1. The van der Waals surface area contributed by atoms with Crippen molar-refractivity contribution in [2.24, 2.45) is 0 Å². The molecule has 0 saturated carbocycles. The van der Waals surface area contributed by atoms with E-state index in [1.807, 2.05) is 4.90 Å². The number of nitrogens with zero attached hydrogens (tertiary/aromatic N) is 8. The van der Waals surface area contributed by atoms with Gasteiger partial charge in [0.05, 0.1) is 42.0 Å². The highest BCUT2D eigenvalue weighted by atomic mass is 35.5. The van der Waals surface area contributed by atoms with Gasteiger partial charge in [-0.3, -0.25) is 14.4 Å². The van der Waals surface area contributed by atoms with Gasteiger partial charge < -0.3 is 20.3 Å². The van der Waals surface area contributed by atoms with Gasteiger partial charge in [0.1, 0.15) is 17.3 Å². The number of alkyl halides is 3. The molecular formula is C35H40ClF4N9O2S. The van der Waals surface area contributed by atoms with Gasteiger partial charge in [-0.05, 0) is 62.3 Å². The molecule has 0 aliphatic carbocycles. The quantitative estimate of drug-likeness (QED) is 0.249. The van der Waals surface area contributed by atoms with Crippen molar-refractivity contribution in [3.8, 4) is 17.9 Å². The fourth-order valence-electron chi connectivity index (χ4n) is 7.18. The number of halogens is 5. The van der Waals surface area contributed by atoms with Crippen molar-refractivity contribution >= 4 is 40.9 Å². The molecule has 4 aliphatic rings. The summed E-state index contributed by atoms with van der Waals surface area (Å²) in [5, 5.41) is 4.14. The monoisotopic (exact) mass is 761 g/mol. The summed E-state index contributed by atoms with van der Waals surface area (Å²) in [6.45, 7) is 5.01. The Hall–Kier alpha value is -4.07. The predicted octanol–water partition coefficient (Wildman–Crippen LogP) is 6.05. The zero-order valence-electron chi connectivity index (χ0n) is 29.4. The lowest BCUT2D eigenvalue weighted by Crippen LogP contribution is -2.27. The molecule has 3 aromatic rings. The van der Waals surface area contributed by atoms with Crippen LogP contribution in [0.5, 0.6) is 6.01 Å². The third kappa shape index (κ3) is 7.67.